The fraction of sp³-hybridized carbons (Fsp3) is 0.316. The predicted molar refractivity (Wildman–Crippen MR) is 100 cm³/mol. The van der Waals surface area contributed by atoms with Crippen molar-refractivity contribution in [2.75, 3.05) is 6.61 Å². The van der Waals surface area contributed by atoms with Crippen molar-refractivity contribution in [1.29, 1.82) is 0 Å². The molecule has 2 aliphatic rings. The van der Waals surface area contributed by atoms with E-state index in [1.807, 2.05) is 0 Å². The van der Waals surface area contributed by atoms with Crippen molar-refractivity contribution >= 4 is 23.4 Å². The van der Waals surface area contributed by atoms with Crippen molar-refractivity contribution < 1.29 is 28.2 Å². The Kier molecular flexibility index (Phi) is 5.20. The number of hydrogen-bond acceptors (Lipinski definition) is 5. The molecule has 0 radical (unpaired) electrons. The molecule has 158 valence electrons. The zero-order valence-corrected chi connectivity index (χ0v) is 16.2. The van der Waals surface area contributed by atoms with Crippen molar-refractivity contribution in [3.05, 3.63) is 63.1 Å². The highest BCUT2D eigenvalue weighted by atomic mass is 35.5. The van der Waals surface area contributed by atoms with Gasteiger partial charge in [-0.15, -0.1) is 0 Å². The molecule has 0 aliphatic carbocycles. The van der Waals surface area contributed by atoms with Crippen LogP contribution in [0.1, 0.15) is 32.8 Å². The molecule has 2 aliphatic heterocycles. The predicted octanol–water partition coefficient (Wildman–Crippen LogP) is 1.53. The second kappa shape index (κ2) is 7.69. The lowest BCUT2D eigenvalue weighted by atomic mass is 10.1. The Balaban J connectivity index is 1.63. The summed E-state index contributed by atoms with van der Waals surface area (Å²) in [4.78, 5) is 39.0. The van der Waals surface area contributed by atoms with Crippen LogP contribution >= 0.6 is 11.6 Å². The van der Waals surface area contributed by atoms with Crippen LogP contribution in [0.25, 0.3) is 0 Å². The Morgan fingerprint density at radius 2 is 2.10 bits per heavy atom. The summed E-state index contributed by atoms with van der Waals surface area (Å²) in [5, 5.41) is 12.7. The topological polar surface area (TPSA) is 101 Å². The number of benzene rings is 1. The summed E-state index contributed by atoms with van der Waals surface area (Å²) >= 11 is 6.19. The highest BCUT2D eigenvalue weighted by Gasteiger charge is 2.41. The van der Waals surface area contributed by atoms with Gasteiger partial charge in [0.15, 0.2) is 17.7 Å². The summed E-state index contributed by atoms with van der Waals surface area (Å²) in [6, 6.07) is 2.88. The molecule has 8 nitrogen and oxygen atoms in total. The van der Waals surface area contributed by atoms with Crippen LogP contribution in [0.5, 0.6) is 5.75 Å². The maximum absolute atomic E-state index is 13.7. The largest absolute Gasteiger partial charge is 0.503 e. The number of carbonyl (C=O) groups is 2. The van der Waals surface area contributed by atoms with E-state index < -0.39 is 51.9 Å². The fourth-order valence-electron chi connectivity index (χ4n) is 3.51. The van der Waals surface area contributed by atoms with E-state index in [9.17, 15) is 28.3 Å². The summed E-state index contributed by atoms with van der Waals surface area (Å²) in [5.74, 6) is -4.06. The molecular formula is C19H16ClF2N3O5. The van der Waals surface area contributed by atoms with Gasteiger partial charge in [-0.3, -0.25) is 19.3 Å². The number of hydrogen-bond donors (Lipinski definition) is 2. The van der Waals surface area contributed by atoms with Gasteiger partial charge in [-0.05, 0) is 6.07 Å². The number of fused-ring (bicyclic) bond motifs is 2. The maximum Gasteiger partial charge on any atom is 0.277 e. The molecule has 2 N–H and O–H groups in total. The van der Waals surface area contributed by atoms with E-state index in [0.717, 1.165) is 12.3 Å². The van der Waals surface area contributed by atoms with Gasteiger partial charge < -0.3 is 19.7 Å². The van der Waals surface area contributed by atoms with Crippen LogP contribution in [-0.4, -0.2) is 44.7 Å². The quantitative estimate of drug-likeness (QED) is 0.558. The SMILES string of the molecule is O=C(NCc1ccc(F)cc1F)c1cn2c(c(O)c1=O)C(=O)N1C(Cl)CCOC1C2. The minimum Gasteiger partial charge on any atom is -0.503 e. The average molecular weight is 440 g/mol. The number of aromatic nitrogens is 1. The molecular weight excluding hydrogens is 424 g/mol. The summed E-state index contributed by atoms with van der Waals surface area (Å²) in [5.41, 5.74) is -2.39. The van der Waals surface area contributed by atoms with Gasteiger partial charge in [-0.2, -0.15) is 0 Å². The molecule has 0 spiro atoms. The van der Waals surface area contributed by atoms with Crippen molar-refractivity contribution in [3.8, 4) is 5.75 Å². The molecule has 0 bridgehead atoms. The van der Waals surface area contributed by atoms with Gasteiger partial charge in [0, 0.05) is 30.8 Å². The van der Waals surface area contributed by atoms with E-state index >= 15 is 0 Å². The number of rotatable bonds is 3. The lowest BCUT2D eigenvalue weighted by Crippen LogP contribution is -2.56. The van der Waals surface area contributed by atoms with Gasteiger partial charge in [0.1, 0.15) is 22.7 Å². The first-order valence-corrected chi connectivity index (χ1v) is 9.48. The number of halogens is 3. The number of nitrogens with one attached hydrogen (secondary N) is 1. The van der Waals surface area contributed by atoms with Gasteiger partial charge in [-0.25, -0.2) is 8.78 Å². The van der Waals surface area contributed by atoms with Gasteiger partial charge >= 0.3 is 0 Å². The molecule has 1 saturated heterocycles. The van der Waals surface area contributed by atoms with Gasteiger partial charge in [0.05, 0.1) is 13.2 Å². The van der Waals surface area contributed by atoms with E-state index in [1.165, 1.54) is 15.5 Å². The average Bonchev–Trinajstić information content (AvgIpc) is 2.69. The number of alkyl halides is 1. The molecule has 0 saturated carbocycles. The van der Waals surface area contributed by atoms with E-state index in [0.29, 0.717) is 19.1 Å². The first kappa shape index (κ1) is 20.3. The van der Waals surface area contributed by atoms with E-state index in [2.05, 4.69) is 5.32 Å². The van der Waals surface area contributed by atoms with Crippen molar-refractivity contribution in [2.45, 2.75) is 31.2 Å². The molecule has 2 atom stereocenters. The number of amides is 2. The Bertz CT molecular complexity index is 1110. The van der Waals surface area contributed by atoms with Crippen LogP contribution in [0.4, 0.5) is 8.78 Å². The van der Waals surface area contributed by atoms with Crippen molar-refractivity contribution in [1.82, 2.24) is 14.8 Å². The summed E-state index contributed by atoms with van der Waals surface area (Å²) in [6.45, 7) is 0.0883. The normalized spacial score (nSPS) is 20.5. The molecule has 1 fully saturated rings. The van der Waals surface area contributed by atoms with Crippen LogP contribution in [0.3, 0.4) is 0 Å². The smallest absolute Gasteiger partial charge is 0.277 e. The Morgan fingerprint density at radius 3 is 2.83 bits per heavy atom. The Morgan fingerprint density at radius 1 is 1.33 bits per heavy atom. The fourth-order valence-corrected chi connectivity index (χ4v) is 3.81. The molecule has 4 rings (SSSR count). The Hall–Kier alpha value is -2.98. The highest BCUT2D eigenvalue weighted by molar-refractivity contribution is 6.22. The van der Waals surface area contributed by atoms with Crippen LogP contribution in [-0.2, 0) is 17.8 Å². The molecule has 2 unspecified atom stereocenters. The minimum absolute atomic E-state index is 0.0154. The number of aromatic hydroxyl groups is 1. The first-order valence-electron chi connectivity index (χ1n) is 9.04. The number of carbonyl (C=O) groups excluding carboxylic acids is 2. The zero-order chi connectivity index (χ0) is 21.6. The molecule has 2 amide bonds. The lowest BCUT2D eigenvalue weighted by molar-refractivity contribution is -0.100. The van der Waals surface area contributed by atoms with E-state index in [-0.39, 0.29) is 24.3 Å². The molecule has 2 aromatic rings. The summed E-state index contributed by atoms with van der Waals surface area (Å²) in [6.07, 6.45) is 0.840. The van der Waals surface area contributed by atoms with Gasteiger partial charge in [-0.1, -0.05) is 17.7 Å². The third-order valence-corrected chi connectivity index (χ3v) is 5.45. The monoisotopic (exact) mass is 439 g/mol. The van der Waals surface area contributed by atoms with E-state index in [1.54, 1.807) is 0 Å². The number of pyridine rings is 1. The van der Waals surface area contributed by atoms with Crippen LogP contribution in [0.15, 0.2) is 29.2 Å². The summed E-state index contributed by atoms with van der Waals surface area (Å²) < 4.78 is 33.5. The van der Waals surface area contributed by atoms with Crippen LogP contribution in [0, 0.1) is 11.6 Å². The Labute approximate surface area is 173 Å². The lowest BCUT2D eigenvalue weighted by Gasteiger charge is -2.43. The molecule has 1 aromatic carbocycles. The second-order valence-corrected chi connectivity index (χ2v) is 7.40. The molecule has 3 heterocycles. The first-order chi connectivity index (χ1) is 14.3. The van der Waals surface area contributed by atoms with Crippen LogP contribution in [0.2, 0.25) is 0 Å². The van der Waals surface area contributed by atoms with Crippen molar-refractivity contribution in [3.63, 3.8) is 0 Å². The maximum atomic E-state index is 13.7. The molecule has 1 aromatic heterocycles. The van der Waals surface area contributed by atoms with Crippen LogP contribution < -0.4 is 10.7 Å². The summed E-state index contributed by atoms with van der Waals surface area (Å²) in [7, 11) is 0. The van der Waals surface area contributed by atoms with Gasteiger partial charge in [0.25, 0.3) is 11.8 Å². The molecule has 30 heavy (non-hydrogen) atoms. The highest BCUT2D eigenvalue weighted by Crippen LogP contribution is 2.30. The number of nitrogens with zero attached hydrogens (tertiary/aromatic N) is 2. The standard InChI is InChI=1S/C19H16ClF2N3O5/c20-13-3-4-30-14-8-24-7-11(16(26)17(27)15(24)19(29)25(13)14)18(28)23-6-9-1-2-10(21)5-12(9)22/h1-2,5,7,13-14,27H,3-4,6,8H2,(H,23,28). The number of ether oxygens (including phenoxy) is 1. The van der Waals surface area contributed by atoms with E-state index in [4.69, 9.17) is 16.3 Å². The van der Waals surface area contributed by atoms with Gasteiger partial charge in [0.2, 0.25) is 5.43 Å². The zero-order valence-electron chi connectivity index (χ0n) is 15.4. The third kappa shape index (κ3) is 3.41. The third-order valence-electron chi connectivity index (χ3n) is 5.02. The molecule has 11 heteroatoms. The minimum atomic E-state index is -1.05. The van der Waals surface area contributed by atoms with Crippen molar-refractivity contribution in [2.24, 2.45) is 0 Å². The second-order valence-electron chi connectivity index (χ2n) is 6.90.